The van der Waals surface area contributed by atoms with Gasteiger partial charge in [-0.15, -0.1) is 0 Å². The predicted octanol–water partition coefficient (Wildman–Crippen LogP) is -3.93. The first kappa shape index (κ1) is 18.6. The number of nitrogens with one attached hydrogen (secondary N) is 2. The van der Waals surface area contributed by atoms with Crippen molar-refractivity contribution in [2.45, 2.75) is 18.3 Å². The summed E-state index contributed by atoms with van der Waals surface area (Å²) >= 11 is 9.02. The first-order valence-corrected chi connectivity index (χ1v) is 5.97. The van der Waals surface area contributed by atoms with Gasteiger partial charge < -0.3 is 31.9 Å². The van der Waals surface area contributed by atoms with Gasteiger partial charge in [-0.2, -0.15) is 10.2 Å². The van der Waals surface area contributed by atoms with Crippen LogP contribution in [0.3, 0.4) is 0 Å². The number of thiocarbonyl (C=S) groups is 2. The van der Waals surface area contributed by atoms with Crippen LogP contribution >= 0.6 is 24.4 Å². The van der Waals surface area contributed by atoms with Gasteiger partial charge in [-0.25, -0.2) is 0 Å². The zero-order valence-electron chi connectivity index (χ0n) is 10.2. The second-order valence-electron chi connectivity index (χ2n) is 3.43. The lowest BCUT2D eigenvalue weighted by atomic mass is 10.0. The molecular formula is C8H16N6O4S2. The van der Waals surface area contributed by atoms with Crippen molar-refractivity contribution in [3.63, 3.8) is 0 Å². The summed E-state index contributed by atoms with van der Waals surface area (Å²) in [6.45, 7) is -0.753. The Bertz CT molecular complexity index is 404. The number of aliphatic hydroxyl groups excluding tert-OH is 4. The molecule has 0 saturated carbocycles. The number of hydrogen-bond donors (Lipinski definition) is 8. The fourth-order valence-corrected chi connectivity index (χ4v) is 1.04. The van der Waals surface area contributed by atoms with Gasteiger partial charge in [0.25, 0.3) is 0 Å². The number of hydrazone groups is 2. The molecule has 114 valence electrons. The summed E-state index contributed by atoms with van der Waals surface area (Å²) in [6.07, 6.45) is -3.97. The van der Waals surface area contributed by atoms with E-state index in [-0.39, 0.29) is 15.9 Å². The lowest BCUT2D eigenvalue weighted by Crippen LogP contribution is -2.45. The summed E-state index contributed by atoms with van der Waals surface area (Å²) in [5.41, 5.74) is 14.4. The van der Waals surface area contributed by atoms with Gasteiger partial charge in [0, 0.05) is 0 Å². The average Bonchev–Trinajstić information content (AvgIpc) is 2.39. The lowest BCUT2D eigenvalue weighted by molar-refractivity contribution is -0.0549. The molecule has 0 fully saturated rings. The molecule has 0 rings (SSSR count). The van der Waals surface area contributed by atoms with Gasteiger partial charge in [0.05, 0.1) is 12.8 Å². The van der Waals surface area contributed by atoms with Crippen LogP contribution in [0.2, 0.25) is 0 Å². The predicted molar refractivity (Wildman–Crippen MR) is 80.9 cm³/mol. The fourth-order valence-electron chi connectivity index (χ4n) is 0.946. The highest BCUT2D eigenvalue weighted by molar-refractivity contribution is 7.80. The van der Waals surface area contributed by atoms with Crippen molar-refractivity contribution in [3.8, 4) is 0 Å². The van der Waals surface area contributed by atoms with Crippen LogP contribution in [0.4, 0.5) is 0 Å². The van der Waals surface area contributed by atoms with E-state index in [0.29, 0.717) is 0 Å². The summed E-state index contributed by atoms with van der Waals surface area (Å²) in [5.74, 6) is 0. The average molecular weight is 324 g/mol. The van der Waals surface area contributed by atoms with Crippen molar-refractivity contribution in [3.05, 3.63) is 0 Å². The first-order chi connectivity index (χ1) is 9.29. The zero-order valence-corrected chi connectivity index (χ0v) is 11.8. The Balaban J connectivity index is 5.00. The van der Waals surface area contributed by atoms with Crippen molar-refractivity contribution >= 4 is 46.6 Å². The molecule has 0 bridgehead atoms. The standard InChI is InChI=1S/C8H16N6O4S2/c9-7(19)13-11-1-3(12-14-8(10)20)5(17)6(18)4(16)2-15/h1,4-6,15-18H,2H2,(H3,9,13,19)(H3,10,14,20)/b11-1-,12-3+. The molecule has 0 radical (unpaired) electrons. The molecule has 0 saturated heterocycles. The van der Waals surface area contributed by atoms with Crippen LogP contribution in [0.15, 0.2) is 10.2 Å². The molecule has 3 atom stereocenters. The van der Waals surface area contributed by atoms with Crippen LogP contribution in [0.1, 0.15) is 0 Å². The van der Waals surface area contributed by atoms with Crippen LogP contribution < -0.4 is 22.3 Å². The molecule has 0 amide bonds. The third kappa shape index (κ3) is 7.22. The van der Waals surface area contributed by atoms with Gasteiger partial charge in [-0.1, -0.05) is 0 Å². The third-order valence-electron chi connectivity index (χ3n) is 1.87. The Morgan fingerprint density at radius 1 is 1.15 bits per heavy atom. The zero-order chi connectivity index (χ0) is 15.7. The van der Waals surface area contributed by atoms with Crippen LogP contribution in [-0.4, -0.2) is 67.5 Å². The van der Waals surface area contributed by atoms with E-state index in [4.69, 9.17) is 16.6 Å². The second kappa shape index (κ2) is 9.46. The van der Waals surface area contributed by atoms with Crippen LogP contribution in [-0.2, 0) is 0 Å². The first-order valence-electron chi connectivity index (χ1n) is 5.16. The molecule has 10 N–H and O–H groups in total. The highest BCUT2D eigenvalue weighted by atomic mass is 32.1. The van der Waals surface area contributed by atoms with E-state index in [1.807, 2.05) is 0 Å². The van der Waals surface area contributed by atoms with Crippen molar-refractivity contribution < 1.29 is 20.4 Å². The maximum atomic E-state index is 9.80. The highest BCUT2D eigenvalue weighted by Gasteiger charge is 2.27. The number of nitrogens with two attached hydrogens (primary N) is 2. The monoisotopic (exact) mass is 324 g/mol. The molecule has 12 heteroatoms. The van der Waals surface area contributed by atoms with Crippen LogP contribution in [0, 0.1) is 0 Å². The summed E-state index contributed by atoms with van der Waals surface area (Å²) in [5, 5.41) is 44.1. The van der Waals surface area contributed by atoms with Gasteiger partial charge in [0.2, 0.25) is 0 Å². The third-order valence-corrected chi connectivity index (χ3v) is 2.06. The van der Waals surface area contributed by atoms with Crippen LogP contribution in [0.5, 0.6) is 0 Å². The number of hydrogen-bond acceptors (Lipinski definition) is 8. The maximum absolute atomic E-state index is 9.80. The molecule has 0 aromatic carbocycles. The molecule has 0 aromatic heterocycles. The Hall–Kier alpha value is -1.44. The molecule has 10 nitrogen and oxygen atoms in total. The Morgan fingerprint density at radius 3 is 2.15 bits per heavy atom. The maximum Gasteiger partial charge on any atom is 0.184 e. The Kier molecular flexibility index (Phi) is 8.78. The summed E-state index contributed by atoms with van der Waals surface area (Å²) < 4.78 is 0. The van der Waals surface area contributed by atoms with E-state index in [1.54, 1.807) is 0 Å². The van der Waals surface area contributed by atoms with Gasteiger partial charge in [0.15, 0.2) is 10.2 Å². The lowest BCUT2D eigenvalue weighted by Gasteiger charge is -2.21. The summed E-state index contributed by atoms with van der Waals surface area (Å²) in [7, 11) is 0. The SMILES string of the molecule is NC(=S)N/N=C\C(=N/NC(N)=S)C(O)C(O)C(O)CO. The molecule has 0 aliphatic carbocycles. The van der Waals surface area contributed by atoms with Gasteiger partial charge >= 0.3 is 0 Å². The van der Waals surface area contributed by atoms with Crippen molar-refractivity contribution in [2.75, 3.05) is 6.61 Å². The van der Waals surface area contributed by atoms with E-state index >= 15 is 0 Å². The van der Waals surface area contributed by atoms with Crippen molar-refractivity contribution in [2.24, 2.45) is 21.7 Å². The number of aliphatic hydroxyl groups is 4. The van der Waals surface area contributed by atoms with Gasteiger partial charge in [-0.3, -0.25) is 10.9 Å². The van der Waals surface area contributed by atoms with Gasteiger partial charge in [0.1, 0.15) is 24.0 Å². The summed E-state index contributed by atoms with van der Waals surface area (Å²) in [6, 6.07) is 0. The van der Waals surface area contributed by atoms with Crippen molar-refractivity contribution in [1.82, 2.24) is 10.9 Å². The topological polar surface area (TPSA) is 182 Å². The molecule has 0 aromatic rings. The Labute approximate surface area is 125 Å². The quantitative estimate of drug-likeness (QED) is 0.131. The normalized spacial score (nSPS) is 16.5. The van der Waals surface area contributed by atoms with E-state index in [0.717, 1.165) is 6.21 Å². The van der Waals surface area contributed by atoms with E-state index in [9.17, 15) is 15.3 Å². The second-order valence-corrected chi connectivity index (χ2v) is 4.31. The van der Waals surface area contributed by atoms with E-state index in [1.165, 1.54) is 0 Å². The molecule has 0 heterocycles. The molecule has 0 aliphatic heterocycles. The molecule has 0 spiro atoms. The smallest absolute Gasteiger partial charge is 0.184 e. The minimum atomic E-state index is -1.71. The van der Waals surface area contributed by atoms with E-state index < -0.39 is 24.9 Å². The van der Waals surface area contributed by atoms with Crippen molar-refractivity contribution in [1.29, 1.82) is 0 Å². The van der Waals surface area contributed by atoms with Crippen LogP contribution in [0.25, 0.3) is 0 Å². The summed E-state index contributed by atoms with van der Waals surface area (Å²) in [4.78, 5) is 0. The largest absolute Gasteiger partial charge is 0.394 e. The van der Waals surface area contributed by atoms with E-state index in [2.05, 4.69) is 45.5 Å². The fraction of sp³-hybridized carbons (Fsp3) is 0.500. The molecule has 3 unspecified atom stereocenters. The highest BCUT2D eigenvalue weighted by Crippen LogP contribution is 2.01. The number of rotatable bonds is 7. The Morgan fingerprint density at radius 2 is 1.70 bits per heavy atom. The minimum Gasteiger partial charge on any atom is -0.394 e. The minimum absolute atomic E-state index is 0.131. The van der Waals surface area contributed by atoms with Gasteiger partial charge in [-0.05, 0) is 24.4 Å². The molecular weight excluding hydrogens is 308 g/mol. The molecule has 0 aliphatic rings. The number of nitrogens with zero attached hydrogens (tertiary/aromatic N) is 2. The molecule has 20 heavy (non-hydrogen) atoms.